The Bertz CT molecular complexity index is 466. The molecule has 19 heavy (non-hydrogen) atoms. The number of aliphatic hydroxyl groups is 1. The Kier molecular flexibility index (Phi) is 3.96. The van der Waals surface area contributed by atoms with Crippen LogP contribution in [0.1, 0.15) is 6.42 Å². The Balaban J connectivity index is 2.31. The van der Waals surface area contributed by atoms with Crippen molar-refractivity contribution in [1.82, 2.24) is 9.88 Å². The minimum atomic E-state index is -0.466. The number of aromatic nitrogens is 1. The molecule has 2 rings (SSSR count). The maximum Gasteiger partial charge on any atom is 0.311 e. The summed E-state index contributed by atoms with van der Waals surface area (Å²) in [6.45, 7) is 1.11. The molecule has 0 spiro atoms. The van der Waals surface area contributed by atoms with Crippen LogP contribution in [0.15, 0.2) is 18.3 Å². The molecule has 1 aliphatic rings. The quantitative estimate of drug-likeness (QED) is 0.631. The maximum absolute atomic E-state index is 11.1. The number of β-amino-alcohol motifs (C(OH)–C–C–N with tert-alkyl or cyclic N) is 1. The molecule has 0 aliphatic carbocycles. The summed E-state index contributed by atoms with van der Waals surface area (Å²) < 4.78 is 0. The summed E-state index contributed by atoms with van der Waals surface area (Å²) in [4.78, 5) is 18.6. The van der Waals surface area contributed by atoms with E-state index in [1.165, 1.54) is 6.07 Å². The number of hydrogen-bond acceptors (Lipinski definition) is 6. The lowest BCUT2D eigenvalue weighted by Gasteiger charge is -2.27. The molecule has 1 aromatic heterocycles. The Labute approximate surface area is 111 Å². The highest BCUT2D eigenvalue weighted by Gasteiger charge is 2.35. The van der Waals surface area contributed by atoms with Crippen molar-refractivity contribution in [2.24, 2.45) is 0 Å². The van der Waals surface area contributed by atoms with E-state index < -0.39 is 11.0 Å². The summed E-state index contributed by atoms with van der Waals surface area (Å²) in [6, 6.07) is 3.04. The molecule has 1 N–H and O–H groups in total. The average Bonchev–Trinajstić information content (AvgIpc) is 2.69. The van der Waals surface area contributed by atoms with E-state index in [4.69, 9.17) is 0 Å². The van der Waals surface area contributed by atoms with E-state index >= 15 is 0 Å². The molecule has 104 valence electrons. The van der Waals surface area contributed by atoms with Crippen molar-refractivity contribution < 1.29 is 10.0 Å². The average molecular weight is 266 g/mol. The van der Waals surface area contributed by atoms with Crippen molar-refractivity contribution in [3.63, 3.8) is 0 Å². The first-order valence-electron chi connectivity index (χ1n) is 6.18. The van der Waals surface area contributed by atoms with Gasteiger partial charge < -0.3 is 14.9 Å². The van der Waals surface area contributed by atoms with E-state index in [-0.39, 0.29) is 11.7 Å². The largest absolute Gasteiger partial charge is 0.391 e. The predicted molar refractivity (Wildman–Crippen MR) is 71.2 cm³/mol. The molecule has 0 saturated carbocycles. The van der Waals surface area contributed by atoms with Gasteiger partial charge in [-0.1, -0.05) is 0 Å². The fourth-order valence-electron chi connectivity index (χ4n) is 2.50. The molecule has 2 heterocycles. The molecule has 1 aromatic rings. The van der Waals surface area contributed by atoms with Crippen molar-refractivity contribution in [3.05, 3.63) is 28.4 Å². The van der Waals surface area contributed by atoms with Gasteiger partial charge in [-0.3, -0.25) is 10.1 Å². The summed E-state index contributed by atoms with van der Waals surface area (Å²) >= 11 is 0. The van der Waals surface area contributed by atoms with Gasteiger partial charge in [0, 0.05) is 31.4 Å². The molecule has 0 bridgehead atoms. The summed E-state index contributed by atoms with van der Waals surface area (Å²) in [5, 5.41) is 20.9. The van der Waals surface area contributed by atoms with Crippen molar-refractivity contribution in [2.45, 2.75) is 18.6 Å². The zero-order chi connectivity index (χ0) is 14.0. The molecular weight excluding hydrogens is 248 g/mol. The van der Waals surface area contributed by atoms with Crippen molar-refractivity contribution in [3.8, 4) is 0 Å². The first-order valence-corrected chi connectivity index (χ1v) is 6.18. The second-order valence-electron chi connectivity index (χ2n) is 5.06. The molecule has 0 aromatic carbocycles. The Morgan fingerprint density at radius 2 is 2.37 bits per heavy atom. The minimum Gasteiger partial charge on any atom is -0.391 e. The van der Waals surface area contributed by atoms with Crippen LogP contribution in [-0.4, -0.2) is 59.2 Å². The van der Waals surface area contributed by atoms with Crippen LogP contribution < -0.4 is 4.90 Å². The lowest BCUT2D eigenvalue weighted by molar-refractivity contribution is -0.384. The Hall–Kier alpha value is -1.73. The van der Waals surface area contributed by atoms with Gasteiger partial charge >= 0.3 is 5.69 Å². The molecule has 0 radical (unpaired) electrons. The Morgan fingerprint density at radius 1 is 1.63 bits per heavy atom. The second kappa shape index (κ2) is 5.50. The van der Waals surface area contributed by atoms with Gasteiger partial charge in [0.1, 0.15) is 0 Å². The normalized spacial score (nSPS) is 23.1. The third kappa shape index (κ3) is 2.99. The van der Waals surface area contributed by atoms with Crippen LogP contribution in [0.5, 0.6) is 0 Å². The maximum atomic E-state index is 11.1. The van der Waals surface area contributed by atoms with E-state index in [0.717, 1.165) is 6.54 Å². The molecule has 0 amide bonds. The fraction of sp³-hybridized carbons (Fsp3) is 0.583. The molecule has 1 fully saturated rings. The third-order valence-electron chi connectivity index (χ3n) is 3.20. The van der Waals surface area contributed by atoms with Gasteiger partial charge in [0.2, 0.25) is 5.82 Å². The van der Waals surface area contributed by atoms with Gasteiger partial charge in [-0.05, 0) is 26.6 Å². The lowest BCUT2D eigenvalue weighted by Crippen LogP contribution is -2.38. The van der Waals surface area contributed by atoms with E-state index in [1.54, 1.807) is 12.3 Å². The SMILES string of the molecule is CN(C)CC1CC(O)CN1c1ncccc1[N+](=O)[O-]. The topological polar surface area (TPSA) is 82.7 Å². The number of aliphatic hydroxyl groups excluding tert-OH is 1. The van der Waals surface area contributed by atoms with E-state index in [2.05, 4.69) is 4.98 Å². The zero-order valence-corrected chi connectivity index (χ0v) is 11.1. The van der Waals surface area contributed by atoms with Crippen LogP contribution in [0.25, 0.3) is 0 Å². The van der Waals surface area contributed by atoms with E-state index in [9.17, 15) is 15.2 Å². The molecule has 7 heteroatoms. The number of anilines is 1. The summed E-state index contributed by atoms with van der Waals surface area (Å²) in [7, 11) is 3.88. The summed E-state index contributed by atoms with van der Waals surface area (Å²) in [5.41, 5.74) is -0.0136. The number of likely N-dealkylation sites (N-methyl/N-ethyl adjacent to an activating group) is 1. The van der Waals surface area contributed by atoms with Crippen LogP contribution >= 0.6 is 0 Å². The number of rotatable bonds is 4. The van der Waals surface area contributed by atoms with Crippen molar-refractivity contribution >= 4 is 11.5 Å². The molecule has 2 unspecified atom stereocenters. The summed E-state index contributed by atoms with van der Waals surface area (Å²) in [6.07, 6.45) is 1.68. The number of nitro groups is 1. The molecule has 2 atom stereocenters. The van der Waals surface area contributed by atoms with Gasteiger partial charge in [-0.25, -0.2) is 4.98 Å². The van der Waals surface area contributed by atoms with E-state index in [0.29, 0.717) is 18.8 Å². The van der Waals surface area contributed by atoms with Gasteiger partial charge in [0.15, 0.2) is 0 Å². The van der Waals surface area contributed by atoms with Crippen LogP contribution in [0, 0.1) is 10.1 Å². The van der Waals surface area contributed by atoms with E-state index in [1.807, 2.05) is 23.9 Å². The van der Waals surface area contributed by atoms with Crippen molar-refractivity contribution in [1.29, 1.82) is 0 Å². The van der Waals surface area contributed by atoms with Crippen LogP contribution in [0.4, 0.5) is 11.5 Å². The number of pyridine rings is 1. The monoisotopic (exact) mass is 266 g/mol. The molecule has 1 aliphatic heterocycles. The fourth-order valence-corrected chi connectivity index (χ4v) is 2.50. The number of hydrogen-bond donors (Lipinski definition) is 1. The van der Waals surface area contributed by atoms with Crippen molar-refractivity contribution in [2.75, 3.05) is 32.1 Å². The first-order chi connectivity index (χ1) is 8.99. The summed E-state index contributed by atoms with van der Waals surface area (Å²) in [5.74, 6) is 0.343. The van der Waals surface area contributed by atoms with Crippen LogP contribution in [-0.2, 0) is 0 Å². The zero-order valence-electron chi connectivity index (χ0n) is 11.1. The van der Waals surface area contributed by atoms with Crippen LogP contribution in [0.3, 0.4) is 0 Å². The van der Waals surface area contributed by atoms with Gasteiger partial charge in [0.05, 0.1) is 11.0 Å². The van der Waals surface area contributed by atoms with Gasteiger partial charge in [-0.2, -0.15) is 0 Å². The Morgan fingerprint density at radius 3 is 3.00 bits per heavy atom. The van der Waals surface area contributed by atoms with Crippen LogP contribution in [0.2, 0.25) is 0 Å². The highest BCUT2D eigenvalue weighted by Crippen LogP contribution is 2.31. The third-order valence-corrected chi connectivity index (χ3v) is 3.20. The highest BCUT2D eigenvalue weighted by atomic mass is 16.6. The second-order valence-corrected chi connectivity index (χ2v) is 5.06. The standard InChI is InChI=1S/C12H18N4O3/c1-14(2)7-9-6-10(17)8-15(9)12-11(16(18)19)4-3-5-13-12/h3-5,9-10,17H,6-8H2,1-2H3. The smallest absolute Gasteiger partial charge is 0.311 e. The number of nitrogens with zero attached hydrogens (tertiary/aromatic N) is 4. The highest BCUT2D eigenvalue weighted by molar-refractivity contribution is 5.58. The first kappa shape index (κ1) is 13.7. The molecule has 7 nitrogen and oxygen atoms in total. The lowest BCUT2D eigenvalue weighted by atomic mass is 10.2. The minimum absolute atomic E-state index is 0.0136. The van der Waals surface area contributed by atoms with Gasteiger partial charge in [-0.15, -0.1) is 0 Å². The van der Waals surface area contributed by atoms with Gasteiger partial charge in [0.25, 0.3) is 0 Å². The molecular formula is C12H18N4O3. The predicted octanol–water partition coefficient (Wildman–Crippen LogP) is 0.491. The molecule has 1 saturated heterocycles.